The molecule has 5 rings (SSSR count). The molecule has 1 atom stereocenters. The van der Waals surface area contributed by atoms with Crippen molar-refractivity contribution < 1.29 is 4.74 Å². The number of benzene rings is 1. The van der Waals surface area contributed by atoms with Gasteiger partial charge in [-0.1, -0.05) is 0 Å². The van der Waals surface area contributed by atoms with E-state index < -0.39 is 0 Å². The largest absolute Gasteiger partial charge is 0.381 e. The number of nitrogens with one attached hydrogen (secondary N) is 1. The van der Waals surface area contributed by atoms with Crippen LogP contribution in [-0.4, -0.2) is 42.3 Å². The van der Waals surface area contributed by atoms with Crippen LogP contribution in [0.15, 0.2) is 35.5 Å². The Morgan fingerprint density at radius 1 is 1.25 bits per heavy atom. The van der Waals surface area contributed by atoms with Crippen molar-refractivity contribution in [3.63, 3.8) is 0 Å². The van der Waals surface area contributed by atoms with Crippen molar-refractivity contribution in [1.82, 2.24) is 29.1 Å². The van der Waals surface area contributed by atoms with E-state index in [-0.39, 0.29) is 11.7 Å². The molecule has 1 aromatic carbocycles. The molecule has 140 valence electrons. The number of ether oxygens (including phenoxy) is 1. The average molecular weight is 375 g/mol. The van der Waals surface area contributed by atoms with E-state index >= 15 is 0 Å². The third-order valence-corrected chi connectivity index (χ3v) is 5.12. The molecule has 0 bridgehead atoms. The molecule has 28 heavy (non-hydrogen) atoms. The van der Waals surface area contributed by atoms with Crippen molar-refractivity contribution in [1.29, 1.82) is 5.26 Å². The molecule has 1 aliphatic heterocycles. The first-order valence-electron chi connectivity index (χ1n) is 9.17. The van der Waals surface area contributed by atoms with Crippen LogP contribution in [0.4, 0.5) is 0 Å². The molecule has 1 saturated heterocycles. The van der Waals surface area contributed by atoms with Gasteiger partial charge in [-0.05, 0) is 37.5 Å². The summed E-state index contributed by atoms with van der Waals surface area (Å²) >= 11 is 0. The van der Waals surface area contributed by atoms with E-state index in [1.165, 1.54) is 0 Å². The summed E-state index contributed by atoms with van der Waals surface area (Å²) in [6, 6.07) is 7.44. The van der Waals surface area contributed by atoms with Gasteiger partial charge in [-0.25, -0.2) is 14.8 Å². The molecular weight excluding hydrogens is 358 g/mol. The number of fused-ring (bicyclic) bond motifs is 2. The average Bonchev–Trinajstić information content (AvgIpc) is 3.16. The molecule has 9 heteroatoms. The van der Waals surface area contributed by atoms with Gasteiger partial charge in [0.2, 0.25) is 5.95 Å². The van der Waals surface area contributed by atoms with Gasteiger partial charge in [0.05, 0.1) is 28.9 Å². The summed E-state index contributed by atoms with van der Waals surface area (Å²) in [7, 11) is 0. The highest BCUT2D eigenvalue weighted by Crippen LogP contribution is 2.24. The van der Waals surface area contributed by atoms with Gasteiger partial charge in [-0.2, -0.15) is 10.2 Å². The van der Waals surface area contributed by atoms with Gasteiger partial charge in [-0.3, -0.25) is 9.13 Å². The van der Waals surface area contributed by atoms with Crippen LogP contribution in [0, 0.1) is 11.3 Å². The zero-order chi connectivity index (χ0) is 19.1. The Kier molecular flexibility index (Phi) is 3.91. The first-order chi connectivity index (χ1) is 13.7. The molecule has 0 amide bonds. The monoisotopic (exact) mass is 375 g/mol. The number of H-pyrrole nitrogens is 1. The smallest absolute Gasteiger partial charge is 0.327 e. The molecule has 0 aliphatic carbocycles. The van der Waals surface area contributed by atoms with Crippen molar-refractivity contribution >= 4 is 22.2 Å². The van der Waals surface area contributed by atoms with E-state index in [2.05, 4.69) is 26.0 Å². The van der Waals surface area contributed by atoms with E-state index in [1.54, 1.807) is 39.9 Å². The summed E-state index contributed by atoms with van der Waals surface area (Å²) in [6.45, 7) is 1.35. The molecule has 1 aliphatic rings. The van der Waals surface area contributed by atoms with Gasteiger partial charge < -0.3 is 9.72 Å². The summed E-state index contributed by atoms with van der Waals surface area (Å²) in [5, 5.41) is 9.18. The molecule has 0 saturated carbocycles. The first kappa shape index (κ1) is 16.6. The standard InChI is InChI=1S/C19H17N7O2/c20-9-12-3-4-14-16(8-12)25(11-22-14)18-21-10-15-17(24-18)26(19(27)23-15)13-2-1-6-28-7-5-13/h3-4,8,10-11,13H,1-2,5-7H2,(H,23,27). The molecule has 4 heterocycles. The zero-order valence-electron chi connectivity index (χ0n) is 15.0. The molecule has 0 radical (unpaired) electrons. The number of hydrogen-bond acceptors (Lipinski definition) is 6. The predicted molar refractivity (Wildman–Crippen MR) is 101 cm³/mol. The Morgan fingerprint density at radius 3 is 3.07 bits per heavy atom. The summed E-state index contributed by atoms with van der Waals surface area (Å²) in [5.74, 6) is 0.405. The summed E-state index contributed by atoms with van der Waals surface area (Å²) in [5.41, 5.74) is 3.00. The van der Waals surface area contributed by atoms with Crippen LogP contribution < -0.4 is 5.69 Å². The van der Waals surface area contributed by atoms with Crippen molar-refractivity contribution in [3.05, 3.63) is 46.8 Å². The van der Waals surface area contributed by atoms with Crippen LogP contribution >= 0.6 is 0 Å². The minimum absolute atomic E-state index is 0.0382. The maximum Gasteiger partial charge on any atom is 0.327 e. The lowest BCUT2D eigenvalue weighted by Crippen LogP contribution is -2.23. The quantitative estimate of drug-likeness (QED) is 0.574. The Morgan fingerprint density at radius 2 is 2.18 bits per heavy atom. The lowest BCUT2D eigenvalue weighted by molar-refractivity contribution is 0.142. The number of hydrogen-bond donors (Lipinski definition) is 1. The summed E-state index contributed by atoms with van der Waals surface area (Å²) in [6.07, 6.45) is 5.78. The third kappa shape index (κ3) is 2.66. The number of nitrogens with zero attached hydrogens (tertiary/aromatic N) is 6. The summed E-state index contributed by atoms with van der Waals surface area (Å²) in [4.78, 5) is 28.9. The zero-order valence-corrected chi connectivity index (χ0v) is 15.0. The first-order valence-corrected chi connectivity index (χ1v) is 9.17. The minimum atomic E-state index is -0.185. The molecule has 0 spiro atoms. The highest BCUT2D eigenvalue weighted by molar-refractivity contribution is 5.79. The normalized spacial score (nSPS) is 17.6. The topological polar surface area (TPSA) is 114 Å². The number of imidazole rings is 2. The number of nitriles is 1. The summed E-state index contributed by atoms with van der Waals surface area (Å²) < 4.78 is 8.98. The van der Waals surface area contributed by atoms with E-state index in [9.17, 15) is 10.1 Å². The van der Waals surface area contributed by atoms with Crippen LogP contribution in [0.5, 0.6) is 0 Å². The highest BCUT2D eigenvalue weighted by Gasteiger charge is 2.21. The van der Waals surface area contributed by atoms with Crippen LogP contribution in [-0.2, 0) is 4.74 Å². The van der Waals surface area contributed by atoms with Crippen molar-refractivity contribution in [2.24, 2.45) is 0 Å². The molecule has 3 aromatic heterocycles. The van der Waals surface area contributed by atoms with Gasteiger partial charge >= 0.3 is 5.69 Å². The van der Waals surface area contributed by atoms with Crippen LogP contribution in [0.1, 0.15) is 30.9 Å². The molecule has 1 fully saturated rings. The Labute approximate surface area is 159 Å². The molecule has 1 N–H and O–H groups in total. The number of aromatic nitrogens is 6. The van der Waals surface area contributed by atoms with E-state index in [0.29, 0.717) is 29.3 Å². The lowest BCUT2D eigenvalue weighted by Gasteiger charge is -2.15. The number of aromatic amines is 1. The maximum atomic E-state index is 12.6. The Bertz CT molecular complexity index is 1270. The Balaban J connectivity index is 1.67. The van der Waals surface area contributed by atoms with Crippen LogP contribution in [0.3, 0.4) is 0 Å². The van der Waals surface area contributed by atoms with Crippen LogP contribution in [0.2, 0.25) is 0 Å². The minimum Gasteiger partial charge on any atom is -0.381 e. The molecule has 9 nitrogen and oxygen atoms in total. The van der Waals surface area contributed by atoms with Gasteiger partial charge in [0.1, 0.15) is 11.8 Å². The molecule has 4 aromatic rings. The van der Waals surface area contributed by atoms with Crippen molar-refractivity contribution in [2.45, 2.75) is 25.3 Å². The van der Waals surface area contributed by atoms with Crippen molar-refractivity contribution in [2.75, 3.05) is 13.2 Å². The van der Waals surface area contributed by atoms with E-state index in [4.69, 9.17) is 4.74 Å². The second-order valence-electron chi connectivity index (χ2n) is 6.83. The molecular formula is C19H17N7O2. The second-order valence-corrected chi connectivity index (χ2v) is 6.83. The fourth-order valence-electron chi connectivity index (χ4n) is 3.74. The fraction of sp³-hybridized carbons (Fsp3) is 0.316. The van der Waals surface area contributed by atoms with Gasteiger partial charge in [0.15, 0.2) is 5.65 Å². The third-order valence-electron chi connectivity index (χ3n) is 5.12. The fourth-order valence-corrected chi connectivity index (χ4v) is 3.74. The van der Waals surface area contributed by atoms with Crippen LogP contribution in [0.25, 0.3) is 28.1 Å². The van der Waals surface area contributed by atoms with E-state index in [0.717, 1.165) is 36.9 Å². The van der Waals surface area contributed by atoms with Gasteiger partial charge in [0, 0.05) is 19.3 Å². The maximum absolute atomic E-state index is 12.6. The highest BCUT2D eigenvalue weighted by atomic mass is 16.5. The second kappa shape index (κ2) is 6.58. The Hall–Kier alpha value is -3.51. The van der Waals surface area contributed by atoms with Gasteiger partial charge in [-0.15, -0.1) is 0 Å². The predicted octanol–water partition coefficient (Wildman–Crippen LogP) is 2.07. The van der Waals surface area contributed by atoms with Gasteiger partial charge in [0.25, 0.3) is 0 Å². The SMILES string of the molecule is N#Cc1ccc2ncn(-c3ncc4[nH]c(=O)n(C5CCCOCC5)c4n3)c2c1. The van der Waals surface area contributed by atoms with E-state index in [1.807, 2.05) is 0 Å². The number of rotatable bonds is 2. The van der Waals surface area contributed by atoms with Crippen molar-refractivity contribution in [3.8, 4) is 12.0 Å². The molecule has 1 unspecified atom stereocenters. The lowest BCUT2D eigenvalue weighted by atomic mass is 10.1.